The average molecular weight is 367 g/mol. The van der Waals surface area contributed by atoms with Crippen molar-refractivity contribution in [2.45, 2.75) is 32.6 Å². The van der Waals surface area contributed by atoms with Crippen molar-refractivity contribution in [3.05, 3.63) is 89.3 Å². The highest BCUT2D eigenvalue weighted by Crippen LogP contribution is 2.49. The van der Waals surface area contributed by atoms with E-state index in [4.69, 9.17) is 0 Å². The Morgan fingerprint density at radius 2 is 1.79 bits per heavy atom. The lowest BCUT2D eigenvalue weighted by molar-refractivity contribution is 0.660. The van der Waals surface area contributed by atoms with E-state index in [-0.39, 0.29) is 5.41 Å². The van der Waals surface area contributed by atoms with Crippen LogP contribution in [0.25, 0.3) is 22.3 Å². The second-order valence-electron chi connectivity index (χ2n) is 8.78. The average Bonchev–Trinajstić information content (AvgIpc) is 3.22. The van der Waals surface area contributed by atoms with Crippen molar-refractivity contribution < 1.29 is 0 Å². The third-order valence-corrected chi connectivity index (χ3v) is 6.30. The molecule has 0 bridgehead atoms. The molecule has 5 rings (SSSR count). The smallest absolute Gasteiger partial charge is 0.0920 e. The highest BCUT2D eigenvalue weighted by Gasteiger charge is 2.35. The molecule has 0 saturated heterocycles. The van der Waals surface area contributed by atoms with E-state index in [0.717, 1.165) is 12.1 Å². The quantitative estimate of drug-likeness (QED) is 0.525. The number of aromatic nitrogens is 2. The lowest BCUT2D eigenvalue weighted by atomic mass is 9.80. The van der Waals surface area contributed by atoms with Crippen molar-refractivity contribution in [2.75, 3.05) is 0 Å². The Bertz CT molecular complexity index is 1140. The molecule has 3 aromatic rings. The monoisotopic (exact) mass is 366 g/mol. The Balaban J connectivity index is 1.59. The molecule has 1 atom stereocenters. The Hall–Kier alpha value is -2.87. The lowest BCUT2D eigenvalue weighted by Gasteiger charge is -2.23. The molecule has 0 fully saturated rings. The van der Waals surface area contributed by atoms with Crippen LogP contribution in [-0.4, -0.2) is 9.78 Å². The Kier molecular flexibility index (Phi) is 3.74. The number of hydrogen-bond donors (Lipinski definition) is 0. The molecular weight excluding hydrogens is 340 g/mol. The number of fused-ring (bicyclic) bond motifs is 3. The van der Waals surface area contributed by atoms with E-state index in [1.54, 1.807) is 0 Å². The van der Waals surface area contributed by atoms with Gasteiger partial charge < -0.3 is 0 Å². The summed E-state index contributed by atoms with van der Waals surface area (Å²) in [5.74, 6) is 0.510. The first-order chi connectivity index (χ1) is 13.4. The van der Waals surface area contributed by atoms with Gasteiger partial charge in [-0.1, -0.05) is 63.2 Å². The van der Waals surface area contributed by atoms with Crippen LogP contribution in [0.5, 0.6) is 0 Å². The largest absolute Gasteiger partial charge is 0.275 e. The number of allylic oxidation sites excluding steroid dienone is 4. The predicted octanol–water partition coefficient (Wildman–Crippen LogP) is 6.23. The molecule has 2 aliphatic carbocycles. The zero-order valence-electron chi connectivity index (χ0n) is 17.0. The summed E-state index contributed by atoms with van der Waals surface area (Å²) >= 11 is 0. The fourth-order valence-corrected chi connectivity index (χ4v) is 4.84. The summed E-state index contributed by atoms with van der Waals surface area (Å²) in [6.45, 7) is 6.99. The highest BCUT2D eigenvalue weighted by molar-refractivity contribution is 5.87. The third-order valence-electron chi connectivity index (χ3n) is 6.30. The number of nitrogens with zero attached hydrogens (tertiary/aromatic N) is 2. The van der Waals surface area contributed by atoms with Gasteiger partial charge in [-0.3, -0.25) is 4.68 Å². The van der Waals surface area contributed by atoms with E-state index in [2.05, 4.69) is 86.6 Å². The SMILES string of the molecule is CC1C=C(c2ccn(C)n2)C=C(c2ccc3c(c2)C(C)(C)c2ccccc2-3)C1. The molecule has 0 aliphatic heterocycles. The molecule has 0 amide bonds. The first kappa shape index (κ1) is 17.2. The topological polar surface area (TPSA) is 17.8 Å². The van der Waals surface area contributed by atoms with Gasteiger partial charge in [-0.15, -0.1) is 0 Å². The van der Waals surface area contributed by atoms with Crippen LogP contribution in [0.15, 0.2) is 66.9 Å². The van der Waals surface area contributed by atoms with Gasteiger partial charge in [-0.2, -0.15) is 5.10 Å². The molecule has 2 nitrogen and oxygen atoms in total. The van der Waals surface area contributed by atoms with Gasteiger partial charge in [0.1, 0.15) is 0 Å². The van der Waals surface area contributed by atoms with Gasteiger partial charge in [0.2, 0.25) is 0 Å². The van der Waals surface area contributed by atoms with E-state index in [0.29, 0.717) is 5.92 Å². The predicted molar refractivity (Wildman–Crippen MR) is 117 cm³/mol. The zero-order valence-corrected chi connectivity index (χ0v) is 17.0. The fourth-order valence-electron chi connectivity index (χ4n) is 4.84. The van der Waals surface area contributed by atoms with Crippen LogP contribution >= 0.6 is 0 Å². The van der Waals surface area contributed by atoms with E-state index >= 15 is 0 Å². The fraction of sp³-hybridized carbons (Fsp3) is 0.269. The maximum Gasteiger partial charge on any atom is 0.0920 e. The van der Waals surface area contributed by atoms with Gasteiger partial charge in [0, 0.05) is 18.7 Å². The van der Waals surface area contributed by atoms with E-state index < -0.39 is 0 Å². The molecule has 0 saturated carbocycles. The molecule has 1 aromatic heterocycles. The summed E-state index contributed by atoms with van der Waals surface area (Å²) in [5.41, 5.74) is 10.7. The van der Waals surface area contributed by atoms with Crippen LogP contribution < -0.4 is 0 Å². The normalized spacial score (nSPS) is 19.6. The van der Waals surface area contributed by atoms with Crippen LogP contribution in [0.2, 0.25) is 0 Å². The van der Waals surface area contributed by atoms with Gasteiger partial charge in [-0.05, 0) is 69.5 Å². The van der Waals surface area contributed by atoms with E-state index in [1.165, 1.54) is 39.0 Å². The first-order valence-corrected chi connectivity index (χ1v) is 10.1. The zero-order chi connectivity index (χ0) is 19.5. The summed E-state index contributed by atoms with van der Waals surface area (Å²) in [6, 6.07) is 18.0. The summed E-state index contributed by atoms with van der Waals surface area (Å²) in [5, 5.41) is 4.61. The van der Waals surface area contributed by atoms with Gasteiger partial charge in [0.25, 0.3) is 0 Å². The number of hydrogen-bond acceptors (Lipinski definition) is 1. The highest BCUT2D eigenvalue weighted by atomic mass is 15.2. The lowest BCUT2D eigenvalue weighted by Crippen LogP contribution is -2.15. The Morgan fingerprint density at radius 1 is 1.00 bits per heavy atom. The van der Waals surface area contributed by atoms with Crippen molar-refractivity contribution in [3.63, 3.8) is 0 Å². The van der Waals surface area contributed by atoms with Crippen molar-refractivity contribution in [2.24, 2.45) is 13.0 Å². The molecule has 140 valence electrons. The Morgan fingerprint density at radius 3 is 2.57 bits per heavy atom. The summed E-state index contributed by atoms with van der Waals surface area (Å²) in [6.07, 6.45) is 7.76. The summed E-state index contributed by atoms with van der Waals surface area (Å²) < 4.78 is 1.87. The molecule has 1 heterocycles. The van der Waals surface area contributed by atoms with Crippen molar-refractivity contribution >= 4 is 11.1 Å². The van der Waals surface area contributed by atoms with E-state index in [1.807, 2.05) is 17.9 Å². The van der Waals surface area contributed by atoms with Gasteiger partial charge in [-0.25, -0.2) is 0 Å². The molecule has 0 radical (unpaired) electrons. The van der Waals surface area contributed by atoms with Crippen LogP contribution in [-0.2, 0) is 12.5 Å². The minimum absolute atomic E-state index is 0.0441. The number of rotatable bonds is 2. The molecular formula is C26H26N2. The maximum atomic E-state index is 4.61. The van der Waals surface area contributed by atoms with E-state index in [9.17, 15) is 0 Å². The molecule has 2 aromatic carbocycles. The number of aryl methyl sites for hydroxylation is 1. The summed E-state index contributed by atoms with van der Waals surface area (Å²) in [4.78, 5) is 0. The minimum Gasteiger partial charge on any atom is -0.275 e. The Labute approximate surface area is 167 Å². The second-order valence-corrected chi connectivity index (χ2v) is 8.78. The van der Waals surface area contributed by atoms with Crippen LogP contribution in [0.3, 0.4) is 0 Å². The van der Waals surface area contributed by atoms with Crippen LogP contribution in [0.1, 0.15) is 49.6 Å². The van der Waals surface area contributed by atoms with Gasteiger partial charge >= 0.3 is 0 Å². The minimum atomic E-state index is 0.0441. The van der Waals surface area contributed by atoms with Crippen molar-refractivity contribution in [1.29, 1.82) is 0 Å². The first-order valence-electron chi connectivity index (χ1n) is 10.1. The van der Waals surface area contributed by atoms with Crippen LogP contribution in [0.4, 0.5) is 0 Å². The van der Waals surface area contributed by atoms with Gasteiger partial charge in [0.15, 0.2) is 0 Å². The molecule has 28 heavy (non-hydrogen) atoms. The standard InChI is InChI=1S/C26H26N2/c1-17-13-19(15-20(14-17)25-11-12-28(4)27-25)18-9-10-22-21-7-5-6-8-23(21)26(2,3)24(22)16-18/h5-12,14-17H,13H2,1-4H3. The van der Waals surface area contributed by atoms with Gasteiger partial charge in [0.05, 0.1) is 5.69 Å². The molecule has 0 spiro atoms. The van der Waals surface area contributed by atoms with Crippen molar-refractivity contribution in [1.82, 2.24) is 9.78 Å². The maximum absolute atomic E-state index is 4.61. The summed E-state index contributed by atoms with van der Waals surface area (Å²) in [7, 11) is 1.97. The van der Waals surface area contributed by atoms with Crippen LogP contribution in [0, 0.1) is 5.92 Å². The third kappa shape index (κ3) is 2.59. The van der Waals surface area contributed by atoms with Crippen molar-refractivity contribution in [3.8, 4) is 11.1 Å². The molecule has 1 unspecified atom stereocenters. The molecule has 0 N–H and O–H groups in total. The second kappa shape index (κ2) is 6.07. The molecule has 2 heteroatoms. The number of benzene rings is 2. The molecule has 2 aliphatic rings.